The Morgan fingerprint density at radius 1 is 1.33 bits per heavy atom. The molecule has 1 aromatic heterocycles. The van der Waals surface area contributed by atoms with Crippen molar-refractivity contribution in [1.29, 1.82) is 0 Å². The summed E-state index contributed by atoms with van der Waals surface area (Å²) < 4.78 is 0. The van der Waals surface area contributed by atoms with E-state index in [-0.39, 0.29) is 11.4 Å². The number of fused-ring (bicyclic) bond motifs is 1. The van der Waals surface area contributed by atoms with Gasteiger partial charge in [0.15, 0.2) is 0 Å². The van der Waals surface area contributed by atoms with Crippen molar-refractivity contribution in [2.45, 2.75) is 0 Å². The summed E-state index contributed by atoms with van der Waals surface area (Å²) in [7, 11) is 0. The number of rotatable bonds is 1. The molecule has 0 bridgehead atoms. The number of nitrogens with two attached hydrogens (primary N) is 2. The van der Waals surface area contributed by atoms with Crippen LogP contribution in [0, 0.1) is 0 Å². The first kappa shape index (κ1) is 9.73. The first-order valence-electron chi connectivity index (χ1n) is 4.23. The molecular formula is C10H8ClN3O. The number of carbonyl (C=O) groups excluding carboxylic acids is 1. The van der Waals surface area contributed by atoms with Gasteiger partial charge < -0.3 is 11.5 Å². The van der Waals surface area contributed by atoms with E-state index in [1.807, 2.05) is 0 Å². The number of carbonyl (C=O) groups is 1. The third-order valence-electron chi connectivity index (χ3n) is 2.07. The van der Waals surface area contributed by atoms with Gasteiger partial charge >= 0.3 is 0 Å². The molecule has 0 aliphatic heterocycles. The third kappa shape index (κ3) is 1.71. The van der Waals surface area contributed by atoms with Gasteiger partial charge in [-0.2, -0.15) is 0 Å². The molecule has 1 heterocycles. The molecule has 1 aromatic carbocycles. The van der Waals surface area contributed by atoms with Crippen molar-refractivity contribution < 1.29 is 4.79 Å². The van der Waals surface area contributed by atoms with E-state index in [1.165, 1.54) is 0 Å². The lowest BCUT2D eigenvalue weighted by Crippen LogP contribution is -2.14. The fourth-order valence-corrected chi connectivity index (χ4v) is 1.54. The van der Waals surface area contributed by atoms with Crippen molar-refractivity contribution in [1.82, 2.24) is 4.98 Å². The summed E-state index contributed by atoms with van der Waals surface area (Å²) in [5, 5.41) is 1.31. The summed E-state index contributed by atoms with van der Waals surface area (Å²) in [6, 6.07) is 6.74. The van der Waals surface area contributed by atoms with Crippen LogP contribution < -0.4 is 11.5 Å². The highest BCUT2D eigenvalue weighted by Crippen LogP contribution is 2.21. The molecule has 2 aromatic rings. The number of amides is 1. The van der Waals surface area contributed by atoms with Gasteiger partial charge in [0.1, 0.15) is 5.82 Å². The Labute approximate surface area is 90.8 Å². The number of hydrogen-bond donors (Lipinski definition) is 2. The third-order valence-corrected chi connectivity index (χ3v) is 2.31. The number of primary amides is 1. The normalized spacial score (nSPS) is 10.5. The molecule has 0 aliphatic carbocycles. The number of benzene rings is 1. The van der Waals surface area contributed by atoms with Crippen LogP contribution in [0.5, 0.6) is 0 Å². The Balaban J connectivity index is 2.77. The Bertz CT molecular complexity index is 554. The zero-order chi connectivity index (χ0) is 11.0. The van der Waals surface area contributed by atoms with Gasteiger partial charge in [0, 0.05) is 10.4 Å². The van der Waals surface area contributed by atoms with Crippen molar-refractivity contribution in [3.63, 3.8) is 0 Å². The molecule has 0 fully saturated rings. The van der Waals surface area contributed by atoms with Crippen LogP contribution in [0.25, 0.3) is 10.9 Å². The highest BCUT2D eigenvalue weighted by atomic mass is 35.5. The molecular weight excluding hydrogens is 214 g/mol. The van der Waals surface area contributed by atoms with Gasteiger partial charge in [0.05, 0.1) is 11.1 Å². The van der Waals surface area contributed by atoms with Crippen molar-refractivity contribution in [2.75, 3.05) is 5.73 Å². The number of pyridine rings is 1. The standard InChI is InChI=1S/C10H8ClN3O/c11-6-1-2-8-5(3-6)4-7(10(13)15)9(12)14-8/h1-4H,(H2,12,14)(H2,13,15). The molecule has 0 spiro atoms. The molecule has 4 N–H and O–H groups in total. The number of nitrogens with zero attached hydrogens (tertiary/aromatic N) is 1. The lowest BCUT2D eigenvalue weighted by atomic mass is 10.1. The molecule has 76 valence electrons. The first-order chi connectivity index (χ1) is 7.08. The maximum absolute atomic E-state index is 11.0. The van der Waals surface area contributed by atoms with E-state index in [0.29, 0.717) is 10.5 Å². The zero-order valence-corrected chi connectivity index (χ0v) is 8.45. The van der Waals surface area contributed by atoms with E-state index in [4.69, 9.17) is 23.1 Å². The predicted molar refractivity (Wildman–Crippen MR) is 59.7 cm³/mol. The molecule has 1 amide bonds. The zero-order valence-electron chi connectivity index (χ0n) is 7.70. The van der Waals surface area contributed by atoms with Crippen molar-refractivity contribution in [3.8, 4) is 0 Å². The number of aromatic nitrogens is 1. The van der Waals surface area contributed by atoms with E-state index in [9.17, 15) is 4.79 Å². The molecule has 15 heavy (non-hydrogen) atoms. The Hall–Kier alpha value is -1.81. The lowest BCUT2D eigenvalue weighted by Gasteiger charge is -2.03. The molecule has 0 radical (unpaired) electrons. The monoisotopic (exact) mass is 221 g/mol. The lowest BCUT2D eigenvalue weighted by molar-refractivity contribution is 0.100. The summed E-state index contributed by atoms with van der Waals surface area (Å²) in [6.07, 6.45) is 0. The number of nitrogen functional groups attached to an aromatic ring is 1. The number of hydrogen-bond acceptors (Lipinski definition) is 3. The Morgan fingerprint density at radius 3 is 2.73 bits per heavy atom. The van der Waals surface area contributed by atoms with E-state index < -0.39 is 5.91 Å². The van der Waals surface area contributed by atoms with Crippen LogP contribution in [0.2, 0.25) is 5.02 Å². The van der Waals surface area contributed by atoms with Crippen molar-refractivity contribution in [3.05, 3.63) is 34.9 Å². The molecule has 0 unspecified atom stereocenters. The Kier molecular flexibility index (Phi) is 2.21. The average Bonchev–Trinajstić information content (AvgIpc) is 2.17. The van der Waals surface area contributed by atoms with E-state index >= 15 is 0 Å². The van der Waals surface area contributed by atoms with E-state index in [0.717, 1.165) is 5.39 Å². The summed E-state index contributed by atoms with van der Waals surface area (Å²) in [5.41, 5.74) is 11.6. The van der Waals surface area contributed by atoms with E-state index in [2.05, 4.69) is 4.98 Å². The van der Waals surface area contributed by atoms with Gasteiger partial charge in [-0.25, -0.2) is 4.98 Å². The summed E-state index contributed by atoms with van der Waals surface area (Å²) in [4.78, 5) is 15.1. The fraction of sp³-hybridized carbons (Fsp3) is 0. The fourth-order valence-electron chi connectivity index (χ4n) is 1.36. The first-order valence-corrected chi connectivity index (χ1v) is 4.61. The van der Waals surface area contributed by atoms with Crippen LogP contribution in [0.4, 0.5) is 5.82 Å². The van der Waals surface area contributed by atoms with E-state index in [1.54, 1.807) is 24.3 Å². The highest BCUT2D eigenvalue weighted by Gasteiger charge is 2.08. The van der Waals surface area contributed by atoms with Crippen LogP contribution in [-0.4, -0.2) is 10.9 Å². The van der Waals surface area contributed by atoms with Crippen molar-refractivity contribution in [2.24, 2.45) is 5.73 Å². The minimum atomic E-state index is -0.595. The van der Waals surface area contributed by atoms with Gasteiger partial charge in [0.2, 0.25) is 0 Å². The highest BCUT2D eigenvalue weighted by molar-refractivity contribution is 6.31. The SMILES string of the molecule is NC(=O)c1cc2cc(Cl)ccc2nc1N. The summed E-state index contributed by atoms with van der Waals surface area (Å²) in [5.74, 6) is -0.459. The minimum absolute atomic E-state index is 0.136. The second-order valence-electron chi connectivity index (χ2n) is 3.12. The summed E-state index contributed by atoms with van der Waals surface area (Å²) >= 11 is 5.82. The van der Waals surface area contributed by atoms with Crippen LogP contribution >= 0.6 is 11.6 Å². The van der Waals surface area contributed by atoms with Gasteiger partial charge in [-0.3, -0.25) is 4.79 Å². The number of anilines is 1. The average molecular weight is 222 g/mol. The topological polar surface area (TPSA) is 82.0 Å². The predicted octanol–water partition coefficient (Wildman–Crippen LogP) is 1.57. The van der Waals surface area contributed by atoms with Gasteiger partial charge in [-0.15, -0.1) is 0 Å². The van der Waals surface area contributed by atoms with Gasteiger partial charge in [0.25, 0.3) is 5.91 Å². The van der Waals surface area contributed by atoms with Crippen LogP contribution in [-0.2, 0) is 0 Å². The largest absolute Gasteiger partial charge is 0.383 e. The summed E-state index contributed by atoms with van der Waals surface area (Å²) in [6.45, 7) is 0. The maximum atomic E-state index is 11.0. The smallest absolute Gasteiger partial charge is 0.252 e. The second-order valence-corrected chi connectivity index (χ2v) is 3.56. The van der Waals surface area contributed by atoms with Gasteiger partial charge in [-0.05, 0) is 24.3 Å². The van der Waals surface area contributed by atoms with Crippen LogP contribution in [0.1, 0.15) is 10.4 Å². The molecule has 0 atom stereocenters. The molecule has 2 rings (SSSR count). The molecule has 4 nitrogen and oxygen atoms in total. The van der Waals surface area contributed by atoms with Crippen molar-refractivity contribution >= 4 is 34.2 Å². The minimum Gasteiger partial charge on any atom is -0.383 e. The molecule has 0 saturated heterocycles. The van der Waals surface area contributed by atoms with Gasteiger partial charge in [-0.1, -0.05) is 11.6 Å². The molecule has 0 aliphatic rings. The molecule has 5 heteroatoms. The quantitative estimate of drug-likeness (QED) is 0.767. The second kappa shape index (κ2) is 3.40. The molecule has 0 saturated carbocycles. The van der Waals surface area contributed by atoms with Crippen LogP contribution in [0.15, 0.2) is 24.3 Å². The van der Waals surface area contributed by atoms with Crippen LogP contribution in [0.3, 0.4) is 0 Å². The number of halogens is 1. The Morgan fingerprint density at radius 2 is 2.07 bits per heavy atom. The maximum Gasteiger partial charge on any atom is 0.252 e.